The number of nitrogens with one attached hydrogen (secondary N) is 1. The average molecular weight is 426 g/mol. The standard InChI is InChI=1S/C25H29F2N3O/c1-31-25-9-5-19(27)15-24(25)30-12-10-29(11-13-30)20-6-2-17(3-7-20)22-16-28-23-8-4-18(26)14-21(22)23/h4-5,8-9,14-17,20,28H,2-3,6-7,10-13H2,1H3/t17-,20-. The molecular weight excluding hydrogens is 396 g/mol. The number of nitrogens with zero attached hydrogens (tertiary/aromatic N) is 2. The van der Waals surface area contributed by atoms with Gasteiger partial charge in [-0.05, 0) is 67.5 Å². The number of aromatic amines is 1. The molecule has 2 aromatic carbocycles. The highest BCUT2D eigenvalue weighted by molar-refractivity contribution is 5.83. The molecule has 5 rings (SSSR count). The molecule has 2 fully saturated rings. The lowest BCUT2D eigenvalue weighted by atomic mass is 9.81. The van der Waals surface area contributed by atoms with Gasteiger partial charge in [-0.2, -0.15) is 0 Å². The SMILES string of the molecule is COc1ccc(F)cc1N1CCN([C@H]2CC[C@H](c3c[nH]c4ccc(F)cc43)CC2)CC1. The Morgan fingerprint density at radius 3 is 2.35 bits per heavy atom. The third kappa shape index (κ3) is 4.01. The van der Waals surface area contributed by atoms with Crippen molar-refractivity contribution in [2.45, 2.75) is 37.6 Å². The van der Waals surface area contributed by atoms with Crippen LogP contribution in [-0.2, 0) is 0 Å². The second kappa shape index (κ2) is 8.50. The normalized spacial score (nSPS) is 22.7. The number of methoxy groups -OCH3 is 1. The molecule has 1 aromatic heterocycles. The molecule has 0 bridgehead atoms. The van der Waals surface area contributed by atoms with Crippen LogP contribution < -0.4 is 9.64 Å². The minimum Gasteiger partial charge on any atom is -0.495 e. The van der Waals surface area contributed by atoms with E-state index in [9.17, 15) is 8.78 Å². The van der Waals surface area contributed by atoms with E-state index in [-0.39, 0.29) is 11.6 Å². The molecule has 0 atom stereocenters. The van der Waals surface area contributed by atoms with Gasteiger partial charge in [-0.25, -0.2) is 8.78 Å². The van der Waals surface area contributed by atoms with Gasteiger partial charge in [-0.1, -0.05) is 0 Å². The maximum Gasteiger partial charge on any atom is 0.142 e. The van der Waals surface area contributed by atoms with Gasteiger partial charge in [0.1, 0.15) is 17.4 Å². The zero-order valence-electron chi connectivity index (χ0n) is 17.9. The minimum atomic E-state index is -0.228. The van der Waals surface area contributed by atoms with Crippen molar-refractivity contribution in [3.8, 4) is 5.75 Å². The summed E-state index contributed by atoms with van der Waals surface area (Å²) in [5.74, 6) is 0.818. The van der Waals surface area contributed by atoms with Crippen LogP contribution in [0.25, 0.3) is 10.9 Å². The first-order valence-electron chi connectivity index (χ1n) is 11.2. The molecule has 6 heteroatoms. The molecule has 31 heavy (non-hydrogen) atoms. The van der Waals surface area contributed by atoms with Crippen molar-refractivity contribution < 1.29 is 13.5 Å². The van der Waals surface area contributed by atoms with Gasteiger partial charge in [0.05, 0.1) is 12.8 Å². The van der Waals surface area contributed by atoms with Crippen LogP contribution in [0, 0.1) is 11.6 Å². The first-order valence-corrected chi connectivity index (χ1v) is 11.2. The van der Waals surface area contributed by atoms with Crippen LogP contribution in [0.3, 0.4) is 0 Å². The first-order chi connectivity index (χ1) is 15.1. The van der Waals surface area contributed by atoms with Crippen molar-refractivity contribution in [2.75, 3.05) is 38.2 Å². The summed E-state index contributed by atoms with van der Waals surface area (Å²) >= 11 is 0. The largest absolute Gasteiger partial charge is 0.495 e. The highest BCUT2D eigenvalue weighted by Gasteiger charge is 2.30. The molecule has 164 valence electrons. The molecule has 2 aliphatic rings. The number of anilines is 1. The minimum absolute atomic E-state index is 0.171. The second-order valence-electron chi connectivity index (χ2n) is 8.78. The number of benzene rings is 2. The monoisotopic (exact) mass is 425 g/mol. The Balaban J connectivity index is 1.20. The summed E-state index contributed by atoms with van der Waals surface area (Å²) in [6.07, 6.45) is 6.66. The lowest BCUT2D eigenvalue weighted by Crippen LogP contribution is -2.51. The molecule has 2 heterocycles. The van der Waals surface area contributed by atoms with Gasteiger partial charge in [0.2, 0.25) is 0 Å². The van der Waals surface area contributed by atoms with Crippen LogP contribution in [0.15, 0.2) is 42.6 Å². The number of H-pyrrole nitrogens is 1. The van der Waals surface area contributed by atoms with Gasteiger partial charge in [-0.3, -0.25) is 4.90 Å². The second-order valence-corrected chi connectivity index (χ2v) is 8.78. The predicted molar refractivity (Wildman–Crippen MR) is 120 cm³/mol. The molecule has 0 spiro atoms. The van der Waals surface area contributed by atoms with Crippen LogP contribution in [0.5, 0.6) is 5.75 Å². The van der Waals surface area contributed by atoms with E-state index >= 15 is 0 Å². The van der Waals surface area contributed by atoms with Crippen molar-refractivity contribution in [2.24, 2.45) is 0 Å². The van der Waals surface area contributed by atoms with Gasteiger partial charge < -0.3 is 14.6 Å². The molecule has 1 saturated heterocycles. The molecule has 1 aliphatic heterocycles. The molecule has 0 unspecified atom stereocenters. The fourth-order valence-corrected chi connectivity index (χ4v) is 5.44. The van der Waals surface area contributed by atoms with Crippen molar-refractivity contribution >= 4 is 16.6 Å². The van der Waals surface area contributed by atoms with Gasteiger partial charge in [0.15, 0.2) is 0 Å². The van der Waals surface area contributed by atoms with E-state index in [4.69, 9.17) is 4.74 Å². The Hall–Kier alpha value is -2.60. The highest BCUT2D eigenvalue weighted by Crippen LogP contribution is 2.38. The van der Waals surface area contributed by atoms with Crippen molar-refractivity contribution in [3.63, 3.8) is 0 Å². The van der Waals surface area contributed by atoms with Crippen molar-refractivity contribution in [1.29, 1.82) is 0 Å². The zero-order chi connectivity index (χ0) is 21.4. The lowest BCUT2D eigenvalue weighted by Gasteiger charge is -2.42. The lowest BCUT2D eigenvalue weighted by molar-refractivity contribution is 0.141. The fraction of sp³-hybridized carbons (Fsp3) is 0.440. The maximum atomic E-state index is 13.8. The topological polar surface area (TPSA) is 31.5 Å². The zero-order valence-corrected chi connectivity index (χ0v) is 17.9. The molecule has 3 aromatic rings. The van der Waals surface area contributed by atoms with Crippen molar-refractivity contribution in [1.82, 2.24) is 9.88 Å². The Bertz CT molecular complexity index is 1050. The summed E-state index contributed by atoms with van der Waals surface area (Å²) in [7, 11) is 1.63. The van der Waals surface area contributed by atoms with E-state index < -0.39 is 0 Å². The van der Waals surface area contributed by atoms with Gasteiger partial charge >= 0.3 is 0 Å². The summed E-state index contributed by atoms with van der Waals surface area (Å²) in [6.45, 7) is 3.71. The third-order valence-electron chi connectivity index (χ3n) is 7.12. The molecule has 0 amide bonds. The first kappa shape index (κ1) is 20.3. The Morgan fingerprint density at radius 2 is 1.61 bits per heavy atom. The van der Waals surface area contributed by atoms with Crippen LogP contribution >= 0.6 is 0 Å². The van der Waals surface area contributed by atoms with E-state index in [0.29, 0.717) is 12.0 Å². The molecule has 1 saturated carbocycles. The highest BCUT2D eigenvalue weighted by atomic mass is 19.1. The summed E-state index contributed by atoms with van der Waals surface area (Å²) in [5.41, 5.74) is 3.12. The van der Waals surface area contributed by atoms with E-state index in [1.54, 1.807) is 25.3 Å². The average Bonchev–Trinajstić information content (AvgIpc) is 3.22. The molecule has 1 aliphatic carbocycles. The quantitative estimate of drug-likeness (QED) is 0.615. The van der Waals surface area contributed by atoms with Crippen LogP contribution in [0.2, 0.25) is 0 Å². The molecule has 4 nitrogen and oxygen atoms in total. The third-order valence-corrected chi connectivity index (χ3v) is 7.12. The fourth-order valence-electron chi connectivity index (χ4n) is 5.44. The summed E-state index contributed by atoms with van der Waals surface area (Å²) in [4.78, 5) is 8.12. The molecule has 0 radical (unpaired) electrons. The van der Waals surface area contributed by atoms with Gasteiger partial charge in [0, 0.05) is 55.4 Å². The summed E-state index contributed by atoms with van der Waals surface area (Å²) < 4.78 is 32.9. The number of hydrogen-bond donors (Lipinski definition) is 1. The van der Waals surface area contributed by atoms with E-state index in [1.165, 1.54) is 17.7 Å². The van der Waals surface area contributed by atoms with E-state index in [1.807, 2.05) is 6.07 Å². The van der Waals surface area contributed by atoms with Gasteiger partial charge in [-0.15, -0.1) is 0 Å². The number of hydrogen-bond acceptors (Lipinski definition) is 3. The van der Waals surface area contributed by atoms with Gasteiger partial charge in [0.25, 0.3) is 0 Å². The Kier molecular flexibility index (Phi) is 5.57. The summed E-state index contributed by atoms with van der Waals surface area (Å²) in [6, 6.07) is 10.3. The van der Waals surface area contributed by atoms with E-state index in [2.05, 4.69) is 21.0 Å². The number of rotatable bonds is 4. The maximum absolute atomic E-state index is 13.8. The van der Waals surface area contributed by atoms with Crippen LogP contribution in [0.4, 0.5) is 14.5 Å². The Labute approximate surface area is 181 Å². The molecule has 1 N–H and O–H groups in total. The number of halogens is 2. The predicted octanol–water partition coefficient (Wildman–Crippen LogP) is 5.30. The number of ether oxygens (including phenoxy) is 1. The smallest absolute Gasteiger partial charge is 0.142 e. The van der Waals surface area contributed by atoms with Crippen LogP contribution in [-0.4, -0.2) is 49.2 Å². The number of aromatic nitrogens is 1. The summed E-state index contributed by atoms with van der Waals surface area (Å²) in [5, 5.41) is 1.03. The molecular formula is C25H29F2N3O. The van der Waals surface area contributed by atoms with Crippen molar-refractivity contribution in [3.05, 3.63) is 59.8 Å². The van der Waals surface area contributed by atoms with E-state index in [0.717, 1.165) is 74.2 Å². The van der Waals surface area contributed by atoms with Crippen LogP contribution in [0.1, 0.15) is 37.2 Å². The Morgan fingerprint density at radius 1 is 0.903 bits per heavy atom. The number of piperazine rings is 1. The number of fused-ring (bicyclic) bond motifs is 1.